The summed E-state index contributed by atoms with van der Waals surface area (Å²) in [5, 5.41) is 11.5. The van der Waals surface area contributed by atoms with Gasteiger partial charge in [0, 0.05) is 10.0 Å². The monoisotopic (exact) mass is 298 g/mol. The van der Waals surface area contributed by atoms with E-state index in [0.717, 1.165) is 6.07 Å². The number of nitriles is 1. The first-order valence-electron chi connectivity index (χ1n) is 5.10. The van der Waals surface area contributed by atoms with Crippen molar-refractivity contribution < 1.29 is 9.18 Å². The first-order valence-corrected chi connectivity index (χ1v) is 5.89. The molecule has 3 nitrogen and oxygen atoms in total. The minimum absolute atomic E-state index is 0.187. The lowest BCUT2D eigenvalue weighted by molar-refractivity contribution is 0.0922. The summed E-state index contributed by atoms with van der Waals surface area (Å²) in [4.78, 5) is 11.8. The van der Waals surface area contributed by atoms with E-state index < -0.39 is 17.3 Å². The molecule has 0 saturated heterocycles. The zero-order chi connectivity index (χ0) is 13.1. The van der Waals surface area contributed by atoms with Crippen LogP contribution in [0.25, 0.3) is 0 Å². The van der Waals surface area contributed by atoms with Crippen LogP contribution in [0.1, 0.15) is 30.6 Å². The van der Waals surface area contributed by atoms with E-state index in [0.29, 0.717) is 10.9 Å². The lowest BCUT2D eigenvalue weighted by atomic mass is 10.0. The number of amides is 1. The average molecular weight is 299 g/mol. The van der Waals surface area contributed by atoms with Gasteiger partial charge < -0.3 is 5.32 Å². The molecule has 0 heterocycles. The highest BCUT2D eigenvalue weighted by atomic mass is 79.9. The van der Waals surface area contributed by atoms with Gasteiger partial charge in [0.15, 0.2) is 0 Å². The van der Waals surface area contributed by atoms with Crippen LogP contribution >= 0.6 is 15.9 Å². The second kappa shape index (κ2) is 5.28. The first-order chi connectivity index (χ1) is 7.90. The van der Waals surface area contributed by atoms with Crippen LogP contribution in [-0.2, 0) is 0 Å². The second-order valence-electron chi connectivity index (χ2n) is 3.91. The van der Waals surface area contributed by atoms with Crippen LogP contribution in [-0.4, -0.2) is 11.4 Å². The van der Waals surface area contributed by atoms with Gasteiger partial charge in [0.25, 0.3) is 5.91 Å². The van der Waals surface area contributed by atoms with E-state index in [4.69, 9.17) is 5.26 Å². The molecule has 1 amide bonds. The number of carbonyl (C=O) groups excluding carboxylic acids is 1. The van der Waals surface area contributed by atoms with Gasteiger partial charge in [0.2, 0.25) is 0 Å². The van der Waals surface area contributed by atoms with Crippen LogP contribution in [0.3, 0.4) is 0 Å². The number of hydrogen-bond acceptors (Lipinski definition) is 2. The van der Waals surface area contributed by atoms with Crippen LogP contribution in [0.4, 0.5) is 4.39 Å². The van der Waals surface area contributed by atoms with Crippen molar-refractivity contribution in [2.24, 2.45) is 0 Å². The summed E-state index contributed by atoms with van der Waals surface area (Å²) in [5.74, 6) is -0.962. The highest BCUT2D eigenvalue weighted by Crippen LogP contribution is 2.16. The van der Waals surface area contributed by atoms with E-state index in [9.17, 15) is 9.18 Å². The Bertz CT molecular complexity index is 464. The number of nitrogens with one attached hydrogen (secondary N) is 1. The van der Waals surface area contributed by atoms with Gasteiger partial charge >= 0.3 is 0 Å². The molecule has 0 spiro atoms. The lowest BCUT2D eigenvalue weighted by Gasteiger charge is -2.21. The Morgan fingerprint density at radius 3 is 2.71 bits per heavy atom. The number of rotatable bonds is 3. The molecule has 1 rings (SSSR count). The van der Waals surface area contributed by atoms with Crippen LogP contribution in [0.15, 0.2) is 22.7 Å². The van der Waals surface area contributed by atoms with Crippen molar-refractivity contribution in [3.8, 4) is 6.07 Å². The van der Waals surface area contributed by atoms with Gasteiger partial charge in [-0.05, 0) is 31.5 Å². The molecule has 0 fully saturated rings. The molecule has 90 valence electrons. The Morgan fingerprint density at radius 2 is 2.24 bits per heavy atom. The quantitative estimate of drug-likeness (QED) is 0.932. The van der Waals surface area contributed by atoms with Crippen molar-refractivity contribution in [3.05, 3.63) is 34.1 Å². The van der Waals surface area contributed by atoms with Gasteiger partial charge in [-0.25, -0.2) is 4.39 Å². The number of hydrogen-bond donors (Lipinski definition) is 1. The maximum Gasteiger partial charge on any atom is 0.252 e. The predicted octanol–water partition coefficient (Wildman–Crippen LogP) is 3.01. The highest BCUT2D eigenvalue weighted by Gasteiger charge is 2.24. The van der Waals surface area contributed by atoms with Crippen molar-refractivity contribution in [2.45, 2.75) is 25.8 Å². The number of carbonyl (C=O) groups is 1. The summed E-state index contributed by atoms with van der Waals surface area (Å²) in [7, 11) is 0. The third kappa shape index (κ3) is 3.53. The van der Waals surface area contributed by atoms with E-state index in [-0.39, 0.29) is 5.56 Å². The van der Waals surface area contributed by atoms with E-state index in [2.05, 4.69) is 21.2 Å². The minimum atomic E-state index is -0.935. The summed E-state index contributed by atoms with van der Waals surface area (Å²) in [5.41, 5.74) is -0.748. The molecule has 1 aromatic rings. The smallest absolute Gasteiger partial charge is 0.252 e. The maximum atomic E-state index is 13.1. The Labute approximate surface area is 108 Å². The lowest BCUT2D eigenvalue weighted by Crippen LogP contribution is -2.44. The standard InChI is InChI=1S/C12H12BrFN2O/c1-3-12(2,7-15)16-11(17)8-4-9(13)6-10(14)5-8/h4-6H,3H2,1-2H3,(H,16,17). The van der Waals surface area contributed by atoms with Crippen LogP contribution in [0.2, 0.25) is 0 Å². The van der Waals surface area contributed by atoms with Crippen molar-refractivity contribution in [2.75, 3.05) is 0 Å². The maximum absolute atomic E-state index is 13.1. The summed E-state index contributed by atoms with van der Waals surface area (Å²) in [6.07, 6.45) is 0.478. The molecule has 0 bridgehead atoms. The zero-order valence-electron chi connectivity index (χ0n) is 9.55. The molecule has 0 aliphatic rings. The molecule has 0 aromatic heterocycles. The van der Waals surface area contributed by atoms with E-state index in [1.54, 1.807) is 13.8 Å². The summed E-state index contributed by atoms with van der Waals surface area (Å²) >= 11 is 3.11. The van der Waals surface area contributed by atoms with Crippen LogP contribution < -0.4 is 5.32 Å². The Kier molecular flexibility index (Phi) is 4.24. The molecule has 0 aliphatic carbocycles. The topological polar surface area (TPSA) is 52.9 Å². The van der Waals surface area contributed by atoms with Crippen molar-refractivity contribution in [3.63, 3.8) is 0 Å². The Hall–Kier alpha value is -1.41. The molecular weight excluding hydrogens is 287 g/mol. The summed E-state index contributed by atoms with van der Waals surface area (Å²) < 4.78 is 13.6. The summed E-state index contributed by atoms with van der Waals surface area (Å²) in [6, 6.07) is 5.92. The van der Waals surface area contributed by atoms with Gasteiger partial charge in [0.1, 0.15) is 11.4 Å². The third-order valence-corrected chi connectivity index (χ3v) is 2.93. The molecule has 5 heteroatoms. The largest absolute Gasteiger partial charge is 0.334 e. The van der Waals surface area contributed by atoms with Gasteiger partial charge in [-0.2, -0.15) is 5.26 Å². The predicted molar refractivity (Wildman–Crippen MR) is 65.9 cm³/mol. The molecule has 0 saturated carbocycles. The highest BCUT2D eigenvalue weighted by molar-refractivity contribution is 9.10. The summed E-state index contributed by atoms with van der Waals surface area (Å²) in [6.45, 7) is 3.42. The van der Waals surface area contributed by atoms with Crippen LogP contribution in [0, 0.1) is 17.1 Å². The molecular formula is C12H12BrFN2O. The Morgan fingerprint density at radius 1 is 1.59 bits per heavy atom. The van der Waals surface area contributed by atoms with E-state index in [1.807, 2.05) is 6.07 Å². The molecule has 1 atom stereocenters. The van der Waals surface area contributed by atoms with E-state index in [1.165, 1.54) is 12.1 Å². The molecule has 0 aliphatic heterocycles. The van der Waals surface area contributed by atoms with Crippen LogP contribution in [0.5, 0.6) is 0 Å². The Balaban J connectivity index is 2.95. The van der Waals surface area contributed by atoms with Crippen molar-refractivity contribution in [1.29, 1.82) is 5.26 Å². The van der Waals surface area contributed by atoms with E-state index >= 15 is 0 Å². The fourth-order valence-corrected chi connectivity index (χ4v) is 1.67. The number of nitrogens with zero attached hydrogens (tertiary/aromatic N) is 1. The molecule has 1 aromatic carbocycles. The van der Waals surface area contributed by atoms with Crippen molar-refractivity contribution >= 4 is 21.8 Å². The second-order valence-corrected chi connectivity index (χ2v) is 4.83. The normalized spacial score (nSPS) is 13.6. The molecule has 0 radical (unpaired) electrons. The first kappa shape index (κ1) is 13.7. The average Bonchev–Trinajstić information content (AvgIpc) is 2.27. The molecule has 1 N–H and O–H groups in total. The fraction of sp³-hybridized carbons (Fsp3) is 0.333. The van der Waals surface area contributed by atoms with Gasteiger partial charge in [-0.15, -0.1) is 0 Å². The molecule has 1 unspecified atom stereocenters. The minimum Gasteiger partial charge on any atom is -0.334 e. The number of halogens is 2. The SMILES string of the molecule is CCC(C)(C#N)NC(=O)c1cc(F)cc(Br)c1. The zero-order valence-corrected chi connectivity index (χ0v) is 11.1. The fourth-order valence-electron chi connectivity index (χ4n) is 1.20. The molecule has 17 heavy (non-hydrogen) atoms. The van der Waals surface area contributed by atoms with Gasteiger partial charge in [0.05, 0.1) is 6.07 Å². The van der Waals surface area contributed by atoms with Crippen molar-refractivity contribution in [1.82, 2.24) is 5.32 Å². The number of benzene rings is 1. The van der Waals surface area contributed by atoms with Gasteiger partial charge in [-0.3, -0.25) is 4.79 Å². The third-order valence-electron chi connectivity index (χ3n) is 2.47. The van der Waals surface area contributed by atoms with Gasteiger partial charge in [-0.1, -0.05) is 22.9 Å².